The van der Waals surface area contributed by atoms with Crippen LogP contribution in [-0.4, -0.2) is 8.42 Å². The van der Waals surface area contributed by atoms with Crippen molar-refractivity contribution in [1.82, 2.24) is 0 Å². The molecule has 19 heavy (non-hydrogen) atoms. The maximum atomic E-state index is 13.7. The minimum Gasteiger partial charge on any atom is -0.277 e. The third-order valence-corrected chi connectivity index (χ3v) is 4.44. The number of anilines is 1. The Bertz CT molecular complexity index is 705. The van der Waals surface area contributed by atoms with Gasteiger partial charge in [-0.3, -0.25) is 4.72 Å². The van der Waals surface area contributed by atoms with E-state index >= 15 is 0 Å². The molecule has 0 aliphatic rings. The number of hydrogen-bond acceptors (Lipinski definition) is 2. The Morgan fingerprint density at radius 2 is 1.63 bits per heavy atom. The van der Waals surface area contributed by atoms with E-state index < -0.39 is 26.1 Å². The summed E-state index contributed by atoms with van der Waals surface area (Å²) in [6.45, 7) is 0. The summed E-state index contributed by atoms with van der Waals surface area (Å²) >= 11 is 2.71. The van der Waals surface area contributed by atoms with Crippen molar-refractivity contribution in [3.63, 3.8) is 0 Å². The molecule has 0 saturated carbocycles. The number of nitrogens with one attached hydrogen (secondary N) is 1. The van der Waals surface area contributed by atoms with Crippen molar-refractivity contribution in [2.75, 3.05) is 4.72 Å². The lowest BCUT2D eigenvalue weighted by Crippen LogP contribution is -2.14. The second kappa shape index (κ2) is 5.26. The number of sulfonamides is 1. The Morgan fingerprint density at radius 3 is 2.26 bits per heavy atom. The first-order valence-electron chi connectivity index (χ1n) is 5.13. The van der Waals surface area contributed by atoms with Crippen LogP contribution in [0.4, 0.5) is 14.5 Å². The lowest BCUT2D eigenvalue weighted by Gasteiger charge is -2.09. The van der Waals surface area contributed by atoms with Gasteiger partial charge in [0.2, 0.25) is 0 Å². The predicted molar refractivity (Wildman–Crippen MR) is 71.3 cm³/mol. The van der Waals surface area contributed by atoms with E-state index in [0.717, 1.165) is 12.1 Å². The number of halogens is 3. The van der Waals surface area contributed by atoms with Crippen molar-refractivity contribution in [2.24, 2.45) is 0 Å². The standard InChI is InChI=1S/C12H8BrF2NO2S/c13-11-9(14)6-7-10(12(11)15)16-19(17,18)8-4-2-1-3-5-8/h1-7,16H. The van der Waals surface area contributed by atoms with E-state index in [1.54, 1.807) is 18.2 Å². The van der Waals surface area contributed by atoms with E-state index in [2.05, 4.69) is 20.7 Å². The molecule has 2 rings (SSSR count). The predicted octanol–water partition coefficient (Wildman–Crippen LogP) is 3.53. The molecule has 0 radical (unpaired) electrons. The van der Waals surface area contributed by atoms with Crippen LogP contribution in [0.5, 0.6) is 0 Å². The topological polar surface area (TPSA) is 46.2 Å². The average molecular weight is 348 g/mol. The van der Waals surface area contributed by atoms with E-state index in [-0.39, 0.29) is 10.6 Å². The van der Waals surface area contributed by atoms with Crippen molar-refractivity contribution in [1.29, 1.82) is 0 Å². The molecule has 1 N–H and O–H groups in total. The molecule has 3 nitrogen and oxygen atoms in total. The minimum atomic E-state index is -3.90. The molecule has 0 unspecified atom stereocenters. The summed E-state index contributed by atoms with van der Waals surface area (Å²) in [5.74, 6) is -1.81. The van der Waals surface area contributed by atoms with Crippen LogP contribution in [0.15, 0.2) is 51.8 Å². The molecule has 0 fully saturated rings. The Balaban J connectivity index is 2.40. The Morgan fingerprint density at radius 1 is 1.00 bits per heavy atom. The lowest BCUT2D eigenvalue weighted by molar-refractivity contribution is 0.572. The van der Waals surface area contributed by atoms with Crippen molar-refractivity contribution < 1.29 is 17.2 Å². The second-order valence-electron chi connectivity index (χ2n) is 3.64. The van der Waals surface area contributed by atoms with Gasteiger partial charge in [0.1, 0.15) is 5.82 Å². The quantitative estimate of drug-likeness (QED) is 0.863. The van der Waals surface area contributed by atoms with Crippen LogP contribution in [0.2, 0.25) is 0 Å². The highest BCUT2D eigenvalue weighted by atomic mass is 79.9. The number of benzene rings is 2. The van der Waals surface area contributed by atoms with Crippen LogP contribution < -0.4 is 4.72 Å². The van der Waals surface area contributed by atoms with Gasteiger partial charge in [0.05, 0.1) is 15.1 Å². The molecule has 0 heterocycles. The van der Waals surface area contributed by atoms with Gasteiger partial charge >= 0.3 is 0 Å². The molecule has 0 aliphatic heterocycles. The maximum absolute atomic E-state index is 13.7. The van der Waals surface area contributed by atoms with Crippen LogP contribution in [0.25, 0.3) is 0 Å². The van der Waals surface area contributed by atoms with Crippen molar-refractivity contribution in [2.45, 2.75) is 4.90 Å². The second-order valence-corrected chi connectivity index (χ2v) is 6.12. The zero-order valence-electron chi connectivity index (χ0n) is 9.40. The van der Waals surface area contributed by atoms with Gasteiger partial charge in [0, 0.05) is 0 Å². The smallest absolute Gasteiger partial charge is 0.261 e. The average Bonchev–Trinajstić information content (AvgIpc) is 2.40. The molecule has 0 saturated heterocycles. The van der Waals surface area contributed by atoms with E-state index in [4.69, 9.17) is 0 Å². The van der Waals surface area contributed by atoms with Crippen molar-refractivity contribution in [3.8, 4) is 0 Å². The van der Waals surface area contributed by atoms with Gasteiger partial charge in [-0.25, -0.2) is 17.2 Å². The number of hydrogen-bond donors (Lipinski definition) is 1. The molecule has 0 amide bonds. The third-order valence-electron chi connectivity index (χ3n) is 2.33. The van der Waals surface area contributed by atoms with Crippen molar-refractivity contribution in [3.05, 3.63) is 58.6 Å². The van der Waals surface area contributed by atoms with Gasteiger partial charge < -0.3 is 0 Å². The van der Waals surface area contributed by atoms with E-state index in [9.17, 15) is 17.2 Å². The van der Waals surface area contributed by atoms with Gasteiger partial charge in [0.15, 0.2) is 5.82 Å². The zero-order valence-corrected chi connectivity index (χ0v) is 11.8. The Hall–Kier alpha value is -1.47. The molecule has 0 aliphatic carbocycles. The summed E-state index contributed by atoms with van der Waals surface area (Å²) in [7, 11) is -3.90. The number of rotatable bonds is 3. The van der Waals surface area contributed by atoms with Crippen LogP contribution in [0, 0.1) is 11.6 Å². The molecule has 0 bridgehead atoms. The highest BCUT2D eigenvalue weighted by Gasteiger charge is 2.18. The first-order chi connectivity index (χ1) is 8.92. The van der Waals surface area contributed by atoms with E-state index in [0.29, 0.717) is 0 Å². The molecule has 0 atom stereocenters. The van der Waals surface area contributed by atoms with Gasteiger partial charge in [0.25, 0.3) is 10.0 Å². The highest BCUT2D eigenvalue weighted by molar-refractivity contribution is 9.10. The largest absolute Gasteiger partial charge is 0.277 e. The van der Waals surface area contributed by atoms with E-state index in [1.165, 1.54) is 12.1 Å². The molecule has 2 aromatic carbocycles. The fourth-order valence-electron chi connectivity index (χ4n) is 1.41. The molecular weight excluding hydrogens is 340 g/mol. The normalized spacial score (nSPS) is 11.3. The highest BCUT2D eigenvalue weighted by Crippen LogP contribution is 2.27. The summed E-state index contributed by atoms with van der Waals surface area (Å²) in [4.78, 5) is -0.00477. The Kier molecular flexibility index (Phi) is 3.86. The fourth-order valence-corrected chi connectivity index (χ4v) is 2.83. The monoisotopic (exact) mass is 347 g/mol. The van der Waals surface area contributed by atoms with Gasteiger partial charge in [-0.05, 0) is 40.2 Å². The van der Waals surface area contributed by atoms with Crippen molar-refractivity contribution >= 4 is 31.6 Å². The summed E-state index contributed by atoms with van der Waals surface area (Å²) in [5.41, 5.74) is -0.322. The molecule has 0 spiro atoms. The molecule has 2 aromatic rings. The van der Waals surface area contributed by atoms with Gasteiger partial charge in [-0.15, -0.1) is 0 Å². The summed E-state index contributed by atoms with van der Waals surface area (Å²) in [5, 5.41) is 0. The molecular formula is C12H8BrF2NO2S. The van der Waals surface area contributed by atoms with Gasteiger partial charge in [-0.1, -0.05) is 18.2 Å². The summed E-state index contributed by atoms with van der Waals surface area (Å²) in [6, 6.07) is 9.49. The zero-order chi connectivity index (χ0) is 14.0. The first-order valence-corrected chi connectivity index (χ1v) is 7.41. The molecule has 100 valence electrons. The van der Waals surface area contributed by atoms with E-state index in [1.807, 2.05) is 0 Å². The summed E-state index contributed by atoms with van der Waals surface area (Å²) < 4.78 is 52.3. The Labute approximate surface area is 117 Å². The third kappa shape index (κ3) is 2.93. The van der Waals surface area contributed by atoms with Crippen LogP contribution in [0.1, 0.15) is 0 Å². The molecule has 7 heteroatoms. The maximum Gasteiger partial charge on any atom is 0.261 e. The minimum absolute atomic E-state index is 0.00477. The van der Waals surface area contributed by atoms with Crippen LogP contribution in [0.3, 0.4) is 0 Å². The van der Waals surface area contributed by atoms with Gasteiger partial charge in [-0.2, -0.15) is 0 Å². The van der Waals surface area contributed by atoms with Crippen LogP contribution in [-0.2, 0) is 10.0 Å². The summed E-state index contributed by atoms with van der Waals surface area (Å²) in [6.07, 6.45) is 0. The molecule has 0 aromatic heterocycles. The van der Waals surface area contributed by atoms with Crippen LogP contribution >= 0.6 is 15.9 Å². The first kappa shape index (κ1) is 14.0. The lowest BCUT2D eigenvalue weighted by atomic mass is 10.3. The fraction of sp³-hybridized carbons (Fsp3) is 0. The SMILES string of the molecule is O=S(=O)(Nc1ccc(F)c(Br)c1F)c1ccccc1.